The SMILES string of the molecule is Cc1onc(-c2c(Cl)cccc2Cl)c1C(=O)N1CCC(C(F)(F)F)CC1. The summed E-state index contributed by atoms with van der Waals surface area (Å²) in [4.78, 5) is 14.3. The third-order valence-electron chi connectivity index (χ3n) is 4.52. The zero-order valence-corrected chi connectivity index (χ0v) is 15.3. The van der Waals surface area contributed by atoms with Crippen molar-refractivity contribution in [2.45, 2.75) is 25.9 Å². The summed E-state index contributed by atoms with van der Waals surface area (Å²) in [6, 6.07) is 4.87. The van der Waals surface area contributed by atoms with E-state index in [1.165, 1.54) is 4.90 Å². The van der Waals surface area contributed by atoms with Gasteiger partial charge in [-0.2, -0.15) is 13.2 Å². The standard InChI is InChI=1S/C17H15Cl2F3N2O2/c1-9-13(15(23-26-9)14-11(18)3-2-4-12(14)19)16(25)24-7-5-10(6-8-24)17(20,21)22/h2-4,10H,5-8H2,1H3. The summed E-state index contributed by atoms with van der Waals surface area (Å²) >= 11 is 12.4. The Hall–Kier alpha value is -1.73. The minimum Gasteiger partial charge on any atom is -0.360 e. The van der Waals surface area contributed by atoms with Crippen molar-refractivity contribution in [2.75, 3.05) is 13.1 Å². The number of halogens is 5. The van der Waals surface area contributed by atoms with Gasteiger partial charge in [-0.3, -0.25) is 4.79 Å². The molecule has 140 valence electrons. The van der Waals surface area contributed by atoms with Gasteiger partial charge >= 0.3 is 6.18 Å². The van der Waals surface area contributed by atoms with Crippen molar-refractivity contribution < 1.29 is 22.5 Å². The van der Waals surface area contributed by atoms with Gasteiger partial charge < -0.3 is 9.42 Å². The summed E-state index contributed by atoms with van der Waals surface area (Å²) in [5, 5.41) is 4.51. The molecule has 1 saturated heterocycles. The lowest BCUT2D eigenvalue weighted by atomic mass is 9.95. The van der Waals surface area contributed by atoms with E-state index in [4.69, 9.17) is 27.7 Å². The molecule has 0 spiro atoms. The van der Waals surface area contributed by atoms with Gasteiger partial charge in [0.15, 0.2) is 0 Å². The molecule has 1 aliphatic rings. The Morgan fingerprint density at radius 2 is 1.81 bits per heavy atom. The molecule has 26 heavy (non-hydrogen) atoms. The van der Waals surface area contributed by atoms with E-state index in [-0.39, 0.29) is 42.9 Å². The minimum absolute atomic E-state index is 0.0172. The molecule has 1 fully saturated rings. The Morgan fingerprint density at radius 3 is 2.35 bits per heavy atom. The van der Waals surface area contributed by atoms with Crippen molar-refractivity contribution in [2.24, 2.45) is 5.92 Å². The first-order chi connectivity index (χ1) is 12.2. The molecular formula is C17H15Cl2F3N2O2. The second-order valence-electron chi connectivity index (χ2n) is 6.17. The van der Waals surface area contributed by atoms with E-state index in [1.54, 1.807) is 25.1 Å². The highest BCUT2D eigenvalue weighted by Gasteiger charge is 2.42. The summed E-state index contributed by atoms with van der Waals surface area (Å²) < 4.78 is 43.6. The largest absolute Gasteiger partial charge is 0.391 e. The van der Waals surface area contributed by atoms with Crippen LogP contribution in [-0.2, 0) is 0 Å². The Bertz CT molecular complexity index is 808. The summed E-state index contributed by atoms with van der Waals surface area (Å²) in [7, 11) is 0. The van der Waals surface area contributed by atoms with Crippen LogP contribution >= 0.6 is 23.2 Å². The maximum atomic E-state index is 12.9. The van der Waals surface area contributed by atoms with Crippen LogP contribution in [0.2, 0.25) is 10.0 Å². The van der Waals surface area contributed by atoms with Gasteiger partial charge in [-0.05, 0) is 31.9 Å². The molecule has 0 atom stereocenters. The predicted octanol–water partition coefficient (Wildman–Crippen LogP) is 5.37. The van der Waals surface area contributed by atoms with E-state index in [0.717, 1.165) is 0 Å². The number of alkyl halides is 3. The zero-order chi connectivity index (χ0) is 19.1. The third-order valence-corrected chi connectivity index (χ3v) is 5.15. The van der Waals surface area contributed by atoms with Crippen LogP contribution < -0.4 is 0 Å². The first-order valence-electron chi connectivity index (χ1n) is 7.96. The van der Waals surface area contributed by atoms with Crippen molar-refractivity contribution in [1.82, 2.24) is 10.1 Å². The highest BCUT2D eigenvalue weighted by Crippen LogP contribution is 2.38. The molecule has 0 N–H and O–H groups in total. The van der Waals surface area contributed by atoms with E-state index >= 15 is 0 Å². The number of piperidine rings is 1. The smallest absolute Gasteiger partial charge is 0.360 e. The molecule has 1 aromatic heterocycles. The number of aryl methyl sites for hydroxylation is 1. The van der Waals surface area contributed by atoms with Crippen LogP contribution in [-0.4, -0.2) is 35.2 Å². The van der Waals surface area contributed by atoms with Crippen LogP contribution in [0.1, 0.15) is 29.0 Å². The van der Waals surface area contributed by atoms with E-state index in [1.807, 2.05) is 0 Å². The first-order valence-corrected chi connectivity index (χ1v) is 8.72. The van der Waals surface area contributed by atoms with Gasteiger partial charge in [0, 0.05) is 18.7 Å². The van der Waals surface area contributed by atoms with Gasteiger partial charge in [0.05, 0.1) is 16.0 Å². The van der Waals surface area contributed by atoms with Crippen molar-refractivity contribution in [3.63, 3.8) is 0 Å². The van der Waals surface area contributed by atoms with Crippen molar-refractivity contribution in [1.29, 1.82) is 0 Å². The number of aromatic nitrogens is 1. The van der Waals surface area contributed by atoms with E-state index in [2.05, 4.69) is 5.16 Å². The molecule has 0 aliphatic carbocycles. The minimum atomic E-state index is -4.24. The van der Waals surface area contributed by atoms with Crippen molar-refractivity contribution >= 4 is 29.1 Å². The molecule has 2 aromatic rings. The Labute approximate surface area is 157 Å². The van der Waals surface area contributed by atoms with Gasteiger partial charge in [-0.1, -0.05) is 34.4 Å². The second kappa shape index (κ2) is 7.12. The van der Waals surface area contributed by atoms with Crippen molar-refractivity contribution in [3.05, 3.63) is 39.6 Å². The second-order valence-corrected chi connectivity index (χ2v) is 6.98. The average Bonchev–Trinajstić information content (AvgIpc) is 2.95. The van der Waals surface area contributed by atoms with E-state index in [0.29, 0.717) is 15.6 Å². The fourth-order valence-corrected chi connectivity index (χ4v) is 3.66. The number of hydrogen-bond donors (Lipinski definition) is 0. The van der Waals surface area contributed by atoms with Crippen LogP contribution in [0.5, 0.6) is 0 Å². The molecule has 1 amide bonds. The number of rotatable bonds is 2. The van der Waals surface area contributed by atoms with Crippen LogP contribution in [0.4, 0.5) is 13.2 Å². The fraction of sp³-hybridized carbons (Fsp3) is 0.412. The Balaban J connectivity index is 1.89. The Morgan fingerprint density at radius 1 is 1.23 bits per heavy atom. The quantitative estimate of drug-likeness (QED) is 0.673. The van der Waals surface area contributed by atoms with Crippen molar-refractivity contribution in [3.8, 4) is 11.3 Å². The van der Waals surface area contributed by atoms with E-state index in [9.17, 15) is 18.0 Å². The lowest BCUT2D eigenvalue weighted by Crippen LogP contribution is -2.42. The third kappa shape index (κ3) is 3.55. The number of hydrogen-bond acceptors (Lipinski definition) is 3. The highest BCUT2D eigenvalue weighted by atomic mass is 35.5. The molecule has 1 aromatic carbocycles. The maximum absolute atomic E-state index is 12.9. The van der Waals surface area contributed by atoms with Gasteiger partial charge in [0.2, 0.25) is 0 Å². The van der Waals surface area contributed by atoms with Gasteiger partial charge in [-0.25, -0.2) is 0 Å². The van der Waals surface area contributed by atoms with Gasteiger partial charge in [0.25, 0.3) is 5.91 Å². The summed E-state index contributed by atoms with van der Waals surface area (Å²) in [6.07, 6.45) is -4.48. The van der Waals surface area contributed by atoms with Crippen LogP contribution in [0.15, 0.2) is 22.7 Å². The van der Waals surface area contributed by atoms with Gasteiger partial charge in [-0.15, -0.1) is 0 Å². The number of benzene rings is 1. The molecule has 0 saturated carbocycles. The number of nitrogens with zero attached hydrogens (tertiary/aromatic N) is 2. The van der Waals surface area contributed by atoms with Crippen LogP contribution in [0.25, 0.3) is 11.3 Å². The molecule has 9 heteroatoms. The molecule has 0 unspecified atom stereocenters. The fourth-order valence-electron chi connectivity index (χ4n) is 3.09. The lowest BCUT2D eigenvalue weighted by Gasteiger charge is -2.32. The Kier molecular flexibility index (Phi) is 5.21. The molecule has 4 nitrogen and oxygen atoms in total. The van der Waals surface area contributed by atoms with Gasteiger partial charge in [0.1, 0.15) is 17.0 Å². The average molecular weight is 407 g/mol. The van der Waals surface area contributed by atoms with Crippen LogP contribution in [0, 0.1) is 12.8 Å². The summed E-state index contributed by atoms with van der Waals surface area (Å²) in [5.41, 5.74) is 0.729. The van der Waals surface area contributed by atoms with Crippen LogP contribution in [0.3, 0.4) is 0 Å². The highest BCUT2D eigenvalue weighted by molar-refractivity contribution is 6.39. The topological polar surface area (TPSA) is 46.3 Å². The molecular weight excluding hydrogens is 392 g/mol. The first kappa shape index (κ1) is 19.0. The molecule has 3 rings (SSSR count). The monoisotopic (exact) mass is 406 g/mol. The number of carbonyl (C=O) groups excluding carboxylic acids is 1. The number of amides is 1. The maximum Gasteiger partial charge on any atom is 0.391 e. The molecule has 2 heterocycles. The number of likely N-dealkylation sites (tertiary alicyclic amines) is 1. The predicted molar refractivity (Wildman–Crippen MR) is 91.4 cm³/mol. The molecule has 1 aliphatic heterocycles. The number of carbonyl (C=O) groups is 1. The molecule has 0 radical (unpaired) electrons. The zero-order valence-electron chi connectivity index (χ0n) is 13.7. The normalized spacial score (nSPS) is 16.2. The summed E-state index contributed by atoms with van der Waals surface area (Å²) in [5.74, 6) is -1.55. The molecule has 0 bridgehead atoms. The summed E-state index contributed by atoms with van der Waals surface area (Å²) in [6.45, 7) is 1.60. The van der Waals surface area contributed by atoms with E-state index < -0.39 is 18.0 Å². The lowest BCUT2D eigenvalue weighted by molar-refractivity contribution is -0.183.